The molecular formula is C48H58N10O4. The van der Waals surface area contributed by atoms with Crippen LogP contribution in [0.3, 0.4) is 0 Å². The fraction of sp³-hybridized carbons (Fsp3) is 0.458. The van der Waals surface area contributed by atoms with Crippen molar-refractivity contribution in [3.05, 3.63) is 130 Å². The Balaban J connectivity index is 0.000000158. The van der Waals surface area contributed by atoms with Crippen LogP contribution in [0.2, 0.25) is 0 Å². The lowest BCUT2D eigenvalue weighted by Gasteiger charge is -2.28. The fourth-order valence-corrected chi connectivity index (χ4v) is 9.75. The van der Waals surface area contributed by atoms with E-state index in [1.807, 2.05) is 36.7 Å². The maximum atomic E-state index is 12.8. The van der Waals surface area contributed by atoms with E-state index in [2.05, 4.69) is 103 Å². The van der Waals surface area contributed by atoms with Crippen LogP contribution in [0.15, 0.2) is 95.2 Å². The van der Waals surface area contributed by atoms with E-state index in [1.54, 1.807) is 0 Å². The van der Waals surface area contributed by atoms with Crippen LogP contribution < -0.4 is 10.6 Å². The maximum absolute atomic E-state index is 12.8. The summed E-state index contributed by atoms with van der Waals surface area (Å²) in [4.78, 5) is 53.4. The molecule has 0 saturated carbocycles. The Hall–Kier alpha value is -5.54. The fourth-order valence-electron chi connectivity index (χ4n) is 9.75. The zero-order chi connectivity index (χ0) is 42.4. The van der Waals surface area contributed by atoms with Crippen molar-refractivity contribution in [3.63, 3.8) is 0 Å². The number of morpholine rings is 2. The van der Waals surface area contributed by atoms with Crippen LogP contribution in [-0.2, 0) is 45.0 Å². The number of fused-ring (bicyclic) bond motifs is 2. The van der Waals surface area contributed by atoms with Crippen molar-refractivity contribution in [1.29, 1.82) is 0 Å². The van der Waals surface area contributed by atoms with E-state index in [0.717, 1.165) is 124 Å². The third kappa shape index (κ3) is 9.73. The molecular weight excluding hydrogens is 781 g/mol. The first-order valence-electron chi connectivity index (χ1n) is 22.1. The second kappa shape index (κ2) is 19.2. The molecule has 0 spiro atoms. The summed E-state index contributed by atoms with van der Waals surface area (Å²) in [5, 5.41) is 6.53. The van der Waals surface area contributed by atoms with Crippen molar-refractivity contribution in [1.82, 2.24) is 40.2 Å². The molecule has 4 aromatic rings. The quantitative estimate of drug-likeness (QED) is 0.273. The maximum Gasteiger partial charge on any atom is 0.226 e. The molecule has 0 aliphatic carbocycles. The van der Waals surface area contributed by atoms with Gasteiger partial charge in [0.15, 0.2) is 0 Å². The number of ether oxygens (including phenoxy) is 2. The molecule has 62 heavy (non-hydrogen) atoms. The number of hydrogen-bond acceptors (Lipinski definition) is 12. The number of hydrogen-bond donors (Lipinski definition) is 2. The standard InChI is InChI=1S/2C24H29N5O2/c2*1-28-15-21(17-5-3-2-4-6-17)22(16-28)27-23(30)12-19-11-18-13-26-24(20(18)14-25-19)29-7-9-31-10-8-29/h2*2-6,11,14,21-22H,7-10,12-13,15-16H2,1H3,(H,27,30)/t2*21-,22+/m10/s1. The minimum Gasteiger partial charge on any atom is -0.378 e. The molecule has 2 aromatic heterocycles. The number of likely N-dealkylation sites (tertiary alicyclic amines) is 2. The van der Waals surface area contributed by atoms with Gasteiger partial charge in [0, 0.05) is 99.8 Å². The molecule has 4 saturated heterocycles. The summed E-state index contributed by atoms with van der Waals surface area (Å²) >= 11 is 0. The Kier molecular flexibility index (Phi) is 13.0. The molecule has 2 N–H and O–H groups in total. The zero-order valence-electron chi connectivity index (χ0n) is 35.9. The number of nitrogens with zero attached hydrogens (tertiary/aromatic N) is 8. The molecule has 14 nitrogen and oxygen atoms in total. The van der Waals surface area contributed by atoms with Gasteiger partial charge in [0.1, 0.15) is 11.7 Å². The van der Waals surface area contributed by atoms with Gasteiger partial charge in [-0.1, -0.05) is 60.7 Å². The SMILES string of the molecule is CN1C[C@@H](NC(=O)Cc2cc3c(cn2)C(N2CCOCC2)=NC3)[C@H](c2ccccc2)C1.CN1C[C@H](NC(=O)Cc2cc3c(cn2)C(N2CCOCC2)=NC3)[C@@H](c2ccccc2)C1. The highest BCUT2D eigenvalue weighted by Gasteiger charge is 2.35. The van der Waals surface area contributed by atoms with Gasteiger partial charge >= 0.3 is 0 Å². The molecule has 4 atom stereocenters. The minimum absolute atomic E-state index is 0.0287. The highest BCUT2D eigenvalue weighted by Crippen LogP contribution is 2.29. The van der Waals surface area contributed by atoms with Gasteiger partial charge in [-0.3, -0.25) is 29.5 Å². The molecule has 8 heterocycles. The second-order valence-electron chi connectivity index (χ2n) is 17.3. The summed E-state index contributed by atoms with van der Waals surface area (Å²) in [6.07, 6.45) is 4.36. The molecule has 6 aliphatic heterocycles. The monoisotopic (exact) mass is 838 g/mol. The van der Waals surface area contributed by atoms with E-state index in [1.165, 1.54) is 11.1 Å². The zero-order valence-corrected chi connectivity index (χ0v) is 35.9. The number of nitrogens with one attached hydrogen (secondary N) is 2. The van der Waals surface area contributed by atoms with Crippen LogP contribution in [0.1, 0.15) is 56.6 Å². The first kappa shape index (κ1) is 41.8. The Morgan fingerprint density at radius 1 is 0.597 bits per heavy atom. The normalized spacial score (nSPS) is 23.5. The van der Waals surface area contributed by atoms with Crippen molar-refractivity contribution >= 4 is 23.5 Å². The van der Waals surface area contributed by atoms with Crippen LogP contribution in [0.4, 0.5) is 0 Å². The lowest BCUT2D eigenvalue weighted by atomic mass is 9.94. The molecule has 0 radical (unpaired) electrons. The van der Waals surface area contributed by atoms with Gasteiger partial charge < -0.3 is 39.7 Å². The van der Waals surface area contributed by atoms with Crippen LogP contribution in [-0.4, -0.2) is 158 Å². The summed E-state index contributed by atoms with van der Waals surface area (Å²) in [5.74, 6) is 2.71. The third-order valence-corrected chi connectivity index (χ3v) is 12.8. The highest BCUT2D eigenvalue weighted by molar-refractivity contribution is 6.02. The van der Waals surface area contributed by atoms with Crippen LogP contribution in [0, 0.1) is 0 Å². The van der Waals surface area contributed by atoms with Gasteiger partial charge in [0.2, 0.25) is 11.8 Å². The molecule has 4 fully saturated rings. The molecule has 0 bridgehead atoms. The Morgan fingerprint density at radius 3 is 1.40 bits per heavy atom. The Bertz CT molecular complexity index is 2100. The van der Waals surface area contributed by atoms with Crippen LogP contribution in [0.25, 0.3) is 0 Å². The topological polar surface area (TPSA) is 140 Å². The number of pyridine rings is 2. The van der Waals surface area contributed by atoms with E-state index < -0.39 is 0 Å². The molecule has 6 aliphatic rings. The average Bonchev–Trinajstić information content (AvgIpc) is 4.10. The van der Waals surface area contributed by atoms with Crippen molar-refractivity contribution in [2.45, 2.75) is 49.9 Å². The van der Waals surface area contributed by atoms with Gasteiger partial charge in [-0.25, -0.2) is 0 Å². The smallest absolute Gasteiger partial charge is 0.226 e. The van der Waals surface area contributed by atoms with Crippen molar-refractivity contribution in [2.24, 2.45) is 9.98 Å². The summed E-state index contributed by atoms with van der Waals surface area (Å²) < 4.78 is 10.9. The van der Waals surface area contributed by atoms with Gasteiger partial charge in [-0.05, 0) is 48.5 Å². The lowest BCUT2D eigenvalue weighted by molar-refractivity contribution is -0.122. The van der Waals surface area contributed by atoms with Gasteiger partial charge in [-0.15, -0.1) is 0 Å². The van der Waals surface area contributed by atoms with E-state index in [-0.39, 0.29) is 23.9 Å². The Labute approximate surface area is 364 Å². The summed E-state index contributed by atoms with van der Waals surface area (Å²) in [5.41, 5.74) is 8.65. The summed E-state index contributed by atoms with van der Waals surface area (Å²) in [7, 11) is 4.21. The first-order chi connectivity index (χ1) is 30.3. The van der Waals surface area contributed by atoms with Gasteiger partial charge in [-0.2, -0.15) is 0 Å². The Morgan fingerprint density at radius 2 is 1.00 bits per heavy atom. The molecule has 14 heteroatoms. The number of carbonyl (C=O) groups excluding carboxylic acids is 2. The van der Waals surface area contributed by atoms with Crippen molar-refractivity contribution < 1.29 is 19.1 Å². The number of aliphatic imine (C=N–C) groups is 2. The number of aromatic nitrogens is 2. The minimum atomic E-state index is 0.0287. The van der Waals surface area contributed by atoms with Crippen LogP contribution >= 0.6 is 0 Å². The number of amidine groups is 2. The number of benzene rings is 2. The second-order valence-corrected chi connectivity index (χ2v) is 17.3. The largest absolute Gasteiger partial charge is 0.378 e. The number of likely N-dealkylation sites (N-methyl/N-ethyl adjacent to an activating group) is 2. The predicted molar refractivity (Wildman–Crippen MR) is 238 cm³/mol. The molecule has 2 amide bonds. The van der Waals surface area contributed by atoms with Crippen LogP contribution in [0.5, 0.6) is 0 Å². The number of amides is 2. The predicted octanol–water partition coefficient (Wildman–Crippen LogP) is 2.86. The molecule has 0 unspecified atom stereocenters. The third-order valence-electron chi connectivity index (χ3n) is 12.8. The van der Waals surface area contributed by atoms with E-state index in [4.69, 9.17) is 19.5 Å². The average molecular weight is 839 g/mol. The molecule has 324 valence electrons. The molecule has 10 rings (SSSR count). The van der Waals surface area contributed by atoms with Crippen molar-refractivity contribution in [3.8, 4) is 0 Å². The van der Waals surface area contributed by atoms with E-state index in [0.29, 0.717) is 37.8 Å². The van der Waals surface area contributed by atoms with Gasteiger partial charge in [0.25, 0.3) is 0 Å². The first-order valence-corrected chi connectivity index (χ1v) is 22.1. The summed E-state index contributed by atoms with van der Waals surface area (Å²) in [6.45, 7) is 11.3. The van der Waals surface area contributed by atoms with Gasteiger partial charge in [0.05, 0.1) is 63.7 Å². The highest BCUT2D eigenvalue weighted by atomic mass is 16.5. The number of rotatable bonds is 8. The van der Waals surface area contributed by atoms with E-state index in [9.17, 15) is 9.59 Å². The van der Waals surface area contributed by atoms with Crippen molar-refractivity contribution in [2.75, 3.05) is 92.9 Å². The van der Waals surface area contributed by atoms with E-state index >= 15 is 0 Å². The lowest BCUT2D eigenvalue weighted by Crippen LogP contribution is -2.41. The summed E-state index contributed by atoms with van der Waals surface area (Å²) in [6, 6.07) is 25.2. The molecule has 2 aromatic carbocycles. The number of carbonyl (C=O) groups is 2.